The van der Waals surface area contributed by atoms with E-state index in [0.29, 0.717) is 30.2 Å². The third-order valence-corrected chi connectivity index (χ3v) is 3.14. The molecule has 2 aromatic rings. The van der Waals surface area contributed by atoms with Crippen LogP contribution < -0.4 is 10.6 Å². The van der Waals surface area contributed by atoms with E-state index in [9.17, 15) is 0 Å². The van der Waals surface area contributed by atoms with Crippen molar-refractivity contribution in [3.8, 4) is 5.95 Å². The Hall–Kier alpha value is -2.22. The maximum atomic E-state index is 9.15. The van der Waals surface area contributed by atoms with E-state index >= 15 is 0 Å². The number of hydrogen-bond donors (Lipinski definition) is 3. The van der Waals surface area contributed by atoms with Crippen molar-refractivity contribution >= 4 is 11.9 Å². The van der Waals surface area contributed by atoms with Crippen LogP contribution in [0, 0.1) is 5.92 Å². The van der Waals surface area contributed by atoms with E-state index in [0.717, 1.165) is 0 Å². The molecule has 0 bridgehead atoms. The maximum absolute atomic E-state index is 9.15. The van der Waals surface area contributed by atoms with Gasteiger partial charge in [0.05, 0.1) is 0 Å². The number of rotatable bonds is 7. The van der Waals surface area contributed by atoms with Crippen LogP contribution in [-0.2, 0) is 0 Å². The predicted molar refractivity (Wildman–Crippen MR) is 80.4 cm³/mol. The number of aliphatic hydroxyl groups is 1. The number of imidazole rings is 1. The SMILES string of the molecule is CNc1nc(NC(CCO)C(C)C)nc(-n2ccnc2)n1. The summed E-state index contributed by atoms with van der Waals surface area (Å²) >= 11 is 0. The molecule has 8 heteroatoms. The van der Waals surface area contributed by atoms with Gasteiger partial charge in [0.25, 0.3) is 0 Å². The molecule has 2 heterocycles. The molecule has 21 heavy (non-hydrogen) atoms. The number of nitrogens with zero attached hydrogens (tertiary/aromatic N) is 5. The summed E-state index contributed by atoms with van der Waals surface area (Å²) in [4.78, 5) is 17.0. The van der Waals surface area contributed by atoms with Crippen LogP contribution in [0.1, 0.15) is 20.3 Å². The summed E-state index contributed by atoms with van der Waals surface area (Å²) in [6.07, 6.45) is 5.70. The Morgan fingerprint density at radius 2 is 2.00 bits per heavy atom. The lowest BCUT2D eigenvalue weighted by molar-refractivity contribution is 0.267. The van der Waals surface area contributed by atoms with E-state index in [1.807, 2.05) is 0 Å². The molecule has 0 saturated carbocycles. The summed E-state index contributed by atoms with van der Waals surface area (Å²) in [6.45, 7) is 4.29. The summed E-state index contributed by atoms with van der Waals surface area (Å²) in [5.41, 5.74) is 0. The first-order valence-electron chi connectivity index (χ1n) is 6.93. The molecule has 3 N–H and O–H groups in total. The van der Waals surface area contributed by atoms with Crippen molar-refractivity contribution in [2.45, 2.75) is 26.3 Å². The normalized spacial score (nSPS) is 12.4. The van der Waals surface area contributed by atoms with Crippen LogP contribution in [-0.4, -0.2) is 49.3 Å². The van der Waals surface area contributed by atoms with Gasteiger partial charge in [0, 0.05) is 32.1 Å². The minimum Gasteiger partial charge on any atom is -0.396 e. The van der Waals surface area contributed by atoms with E-state index in [1.165, 1.54) is 0 Å². The molecule has 2 rings (SSSR count). The highest BCUT2D eigenvalue weighted by Gasteiger charge is 2.15. The Bertz CT molecular complexity index is 556. The Morgan fingerprint density at radius 3 is 2.57 bits per heavy atom. The van der Waals surface area contributed by atoms with E-state index < -0.39 is 0 Å². The van der Waals surface area contributed by atoms with Gasteiger partial charge in [0.2, 0.25) is 17.8 Å². The maximum Gasteiger partial charge on any atom is 0.241 e. The van der Waals surface area contributed by atoms with Gasteiger partial charge in [0.15, 0.2) is 0 Å². The third kappa shape index (κ3) is 3.88. The molecule has 0 aliphatic heterocycles. The lowest BCUT2D eigenvalue weighted by atomic mass is 10.0. The van der Waals surface area contributed by atoms with Crippen LogP contribution in [0.25, 0.3) is 5.95 Å². The molecule has 0 aliphatic carbocycles. The molecule has 0 spiro atoms. The summed E-state index contributed by atoms with van der Waals surface area (Å²) in [7, 11) is 1.75. The van der Waals surface area contributed by atoms with Crippen LogP contribution in [0.5, 0.6) is 0 Å². The van der Waals surface area contributed by atoms with Crippen LogP contribution >= 0.6 is 0 Å². The molecule has 1 unspecified atom stereocenters. The summed E-state index contributed by atoms with van der Waals surface area (Å²) in [6, 6.07) is 0.0951. The van der Waals surface area contributed by atoms with Gasteiger partial charge in [-0.3, -0.25) is 4.57 Å². The van der Waals surface area contributed by atoms with Gasteiger partial charge < -0.3 is 15.7 Å². The minimum atomic E-state index is 0.0951. The predicted octanol–water partition coefficient (Wildman–Crippen LogP) is 0.918. The standard InChI is InChI=1S/C13H21N7O/c1-9(2)10(4-7-21)16-12-17-11(14-3)18-13(19-12)20-6-5-15-8-20/h5-6,8-10,21H,4,7H2,1-3H3,(H2,14,16,17,18,19). The second kappa shape index (κ2) is 6.98. The summed E-state index contributed by atoms with van der Waals surface area (Å²) < 4.78 is 1.71. The quantitative estimate of drug-likeness (QED) is 0.697. The lowest BCUT2D eigenvalue weighted by Crippen LogP contribution is -2.28. The molecule has 2 aromatic heterocycles. The van der Waals surface area contributed by atoms with Crippen LogP contribution in [0.2, 0.25) is 0 Å². The smallest absolute Gasteiger partial charge is 0.241 e. The zero-order chi connectivity index (χ0) is 15.2. The average molecular weight is 291 g/mol. The monoisotopic (exact) mass is 291 g/mol. The second-order valence-electron chi connectivity index (χ2n) is 5.01. The van der Waals surface area contributed by atoms with Gasteiger partial charge in [-0.05, 0) is 12.3 Å². The highest BCUT2D eigenvalue weighted by atomic mass is 16.3. The molecule has 0 aliphatic rings. The van der Waals surface area contributed by atoms with Crippen molar-refractivity contribution in [3.63, 3.8) is 0 Å². The first-order valence-corrected chi connectivity index (χ1v) is 6.93. The Labute approximate surface area is 123 Å². The molecular weight excluding hydrogens is 270 g/mol. The molecule has 1 atom stereocenters. The summed E-state index contributed by atoms with van der Waals surface area (Å²) in [5.74, 6) is 1.79. The molecular formula is C13H21N7O. The number of nitrogens with one attached hydrogen (secondary N) is 2. The van der Waals surface area contributed by atoms with Crippen molar-refractivity contribution in [2.75, 3.05) is 24.3 Å². The largest absolute Gasteiger partial charge is 0.396 e. The van der Waals surface area contributed by atoms with Crippen LogP contribution in [0.3, 0.4) is 0 Å². The number of anilines is 2. The molecule has 0 radical (unpaired) electrons. The fraction of sp³-hybridized carbons (Fsp3) is 0.538. The topological polar surface area (TPSA) is 101 Å². The molecule has 114 valence electrons. The lowest BCUT2D eigenvalue weighted by Gasteiger charge is -2.21. The molecule has 0 saturated heterocycles. The zero-order valence-electron chi connectivity index (χ0n) is 12.5. The van der Waals surface area contributed by atoms with Crippen LogP contribution in [0.15, 0.2) is 18.7 Å². The highest BCUT2D eigenvalue weighted by Crippen LogP contribution is 2.14. The van der Waals surface area contributed by atoms with Crippen molar-refractivity contribution in [2.24, 2.45) is 5.92 Å². The zero-order valence-corrected chi connectivity index (χ0v) is 12.5. The fourth-order valence-electron chi connectivity index (χ4n) is 1.91. The van der Waals surface area contributed by atoms with Gasteiger partial charge in [-0.2, -0.15) is 15.0 Å². The molecule has 0 amide bonds. The van der Waals surface area contributed by atoms with E-state index in [2.05, 4.69) is 44.4 Å². The second-order valence-corrected chi connectivity index (χ2v) is 5.01. The van der Waals surface area contributed by atoms with Crippen molar-refractivity contribution in [3.05, 3.63) is 18.7 Å². The highest BCUT2D eigenvalue weighted by molar-refractivity contribution is 5.38. The third-order valence-electron chi connectivity index (χ3n) is 3.14. The van der Waals surface area contributed by atoms with Gasteiger partial charge >= 0.3 is 0 Å². The fourth-order valence-corrected chi connectivity index (χ4v) is 1.91. The average Bonchev–Trinajstić information content (AvgIpc) is 3.00. The Balaban J connectivity index is 2.28. The first kappa shape index (κ1) is 15.2. The number of aromatic nitrogens is 5. The molecule has 0 aromatic carbocycles. The van der Waals surface area contributed by atoms with Crippen molar-refractivity contribution in [1.29, 1.82) is 0 Å². The number of aliphatic hydroxyl groups excluding tert-OH is 1. The van der Waals surface area contributed by atoms with Crippen LogP contribution in [0.4, 0.5) is 11.9 Å². The van der Waals surface area contributed by atoms with Gasteiger partial charge in [-0.15, -0.1) is 0 Å². The van der Waals surface area contributed by atoms with Gasteiger partial charge in [0.1, 0.15) is 6.33 Å². The van der Waals surface area contributed by atoms with E-state index in [-0.39, 0.29) is 12.6 Å². The van der Waals surface area contributed by atoms with E-state index in [4.69, 9.17) is 5.11 Å². The first-order chi connectivity index (χ1) is 10.1. The number of hydrogen-bond acceptors (Lipinski definition) is 7. The van der Waals surface area contributed by atoms with Gasteiger partial charge in [-0.1, -0.05) is 13.8 Å². The van der Waals surface area contributed by atoms with Gasteiger partial charge in [-0.25, -0.2) is 4.98 Å². The minimum absolute atomic E-state index is 0.0951. The Kier molecular flexibility index (Phi) is 5.04. The summed E-state index contributed by atoms with van der Waals surface area (Å²) in [5, 5.41) is 15.3. The van der Waals surface area contributed by atoms with E-state index in [1.54, 1.807) is 30.3 Å². The molecule has 8 nitrogen and oxygen atoms in total. The molecule has 0 fully saturated rings. The van der Waals surface area contributed by atoms with Crippen molar-refractivity contribution < 1.29 is 5.11 Å². The van der Waals surface area contributed by atoms with Crippen molar-refractivity contribution in [1.82, 2.24) is 24.5 Å². The Morgan fingerprint density at radius 1 is 1.24 bits per heavy atom.